The van der Waals surface area contributed by atoms with Crippen LogP contribution in [0, 0.1) is 0 Å². The molecule has 0 saturated carbocycles. The summed E-state index contributed by atoms with van der Waals surface area (Å²) in [6, 6.07) is 0. The van der Waals surface area contributed by atoms with Crippen molar-refractivity contribution in [1.29, 1.82) is 0 Å². The molecule has 1 amide bonds. The lowest BCUT2D eigenvalue weighted by Gasteiger charge is -2.20. The molecule has 0 unspecified atom stereocenters. The van der Waals surface area contributed by atoms with Crippen LogP contribution in [0.15, 0.2) is 0 Å². The number of carbonyl (C=O) groups excluding carboxylic acids is 1. The molecule has 0 radical (unpaired) electrons. The third-order valence-corrected chi connectivity index (χ3v) is 1.58. The molecule has 15 heavy (non-hydrogen) atoms. The van der Waals surface area contributed by atoms with Crippen molar-refractivity contribution in [2.24, 2.45) is 0 Å². The molecule has 0 saturated heterocycles. The van der Waals surface area contributed by atoms with Gasteiger partial charge in [0.1, 0.15) is 5.75 Å². The van der Waals surface area contributed by atoms with E-state index in [9.17, 15) is 4.79 Å². The van der Waals surface area contributed by atoms with Gasteiger partial charge in [0.15, 0.2) is 0 Å². The summed E-state index contributed by atoms with van der Waals surface area (Å²) < 4.78 is 4.84. The highest BCUT2D eigenvalue weighted by Gasteiger charge is 2.15. The lowest BCUT2D eigenvalue weighted by atomic mass is 10.1. The fraction of sp³-hybridized carbons (Fsp3) is 0.900. The van der Waals surface area contributed by atoms with Gasteiger partial charge in [-0.05, 0) is 41.5 Å². The number of carbonyl (C=O) groups is 1. The third kappa shape index (κ3) is 11.7. The highest BCUT2D eigenvalue weighted by atomic mass is 32.2. The molecule has 1 N–H and O–H groups in total. The smallest absolute Gasteiger partial charge is 0.232 e. The van der Waals surface area contributed by atoms with Crippen molar-refractivity contribution < 1.29 is 14.0 Å². The fourth-order valence-electron chi connectivity index (χ4n) is 0.658. The second-order valence-electron chi connectivity index (χ2n) is 5.32. The predicted octanol–water partition coefficient (Wildman–Crippen LogP) is 2.30. The van der Waals surface area contributed by atoms with Crippen LogP contribution < -0.4 is 5.32 Å². The van der Waals surface area contributed by atoms with Gasteiger partial charge in [-0.25, -0.2) is 4.89 Å². The van der Waals surface area contributed by atoms with Crippen LogP contribution >= 0.6 is 12.0 Å². The maximum atomic E-state index is 11.3. The second-order valence-corrected chi connectivity index (χ2v) is 5.98. The molecule has 90 valence electrons. The van der Waals surface area contributed by atoms with Gasteiger partial charge in [-0.3, -0.25) is 4.79 Å². The van der Waals surface area contributed by atoms with Gasteiger partial charge in [0.05, 0.1) is 5.60 Å². The summed E-state index contributed by atoms with van der Waals surface area (Å²) in [5.41, 5.74) is -0.559. The van der Waals surface area contributed by atoms with Gasteiger partial charge >= 0.3 is 0 Å². The summed E-state index contributed by atoms with van der Waals surface area (Å²) in [6.07, 6.45) is 0. The molecule has 0 aromatic carbocycles. The van der Waals surface area contributed by atoms with Crippen molar-refractivity contribution in [2.75, 3.05) is 5.75 Å². The van der Waals surface area contributed by atoms with Crippen LogP contribution in [0.2, 0.25) is 0 Å². The quantitative estimate of drug-likeness (QED) is 0.351. The Kier molecular flexibility index (Phi) is 5.62. The van der Waals surface area contributed by atoms with Gasteiger partial charge in [0.25, 0.3) is 0 Å². The van der Waals surface area contributed by atoms with Crippen LogP contribution in [0.25, 0.3) is 0 Å². The molecule has 0 aliphatic carbocycles. The molecule has 0 rings (SSSR count). The first-order chi connectivity index (χ1) is 6.60. The van der Waals surface area contributed by atoms with Gasteiger partial charge in [0.2, 0.25) is 5.91 Å². The lowest BCUT2D eigenvalue weighted by molar-refractivity contribution is -0.262. The van der Waals surface area contributed by atoms with Crippen LogP contribution in [0.5, 0.6) is 0 Å². The molecular weight excluding hydrogens is 214 g/mol. The maximum Gasteiger partial charge on any atom is 0.232 e. The van der Waals surface area contributed by atoms with E-state index in [4.69, 9.17) is 9.22 Å². The van der Waals surface area contributed by atoms with Crippen LogP contribution in [0.4, 0.5) is 0 Å². The van der Waals surface area contributed by atoms with Crippen molar-refractivity contribution in [2.45, 2.75) is 52.7 Å². The van der Waals surface area contributed by atoms with E-state index in [2.05, 4.69) is 5.32 Å². The third-order valence-electron chi connectivity index (χ3n) is 1.04. The largest absolute Gasteiger partial charge is 0.351 e. The fourth-order valence-corrected chi connectivity index (χ4v) is 1.14. The highest BCUT2D eigenvalue weighted by molar-refractivity contribution is 7.95. The maximum absolute atomic E-state index is 11.3. The van der Waals surface area contributed by atoms with Crippen LogP contribution in [-0.2, 0) is 14.0 Å². The molecule has 0 aliphatic heterocycles. The van der Waals surface area contributed by atoms with E-state index in [1.807, 2.05) is 41.5 Å². The normalized spacial score (nSPS) is 12.7. The zero-order valence-electron chi connectivity index (χ0n) is 10.3. The number of amides is 1. The molecule has 0 aromatic heterocycles. The topological polar surface area (TPSA) is 47.6 Å². The molecule has 0 fully saturated rings. The van der Waals surface area contributed by atoms with Crippen LogP contribution in [-0.4, -0.2) is 22.8 Å². The predicted molar refractivity (Wildman–Crippen MR) is 62.3 cm³/mol. The number of hydrogen-bond acceptors (Lipinski definition) is 4. The van der Waals surface area contributed by atoms with Crippen molar-refractivity contribution in [3.63, 3.8) is 0 Å². The highest BCUT2D eigenvalue weighted by Crippen LogP contribution is 2.13. The Labute approximate surface area is 96.2 Å². The molecule has 0 atom stereocenters. The van der Waals surface area contributed by atoms with Gasteiger partial charge in [-0.15, -0.1) is 0 Å². The summed E-state index contributed by atoms with van der Waals surface area (Å²) in [4.78, 5) is 16.3. The minimum atomic E-state index is -0.354. The Bertz CT molecular complexity index is 206. The molecule has 0 bridgehead atoms. The summed E-state index contributed by atoms with van der Waals surface area (Å²) in [6.45, 7) is 11.4. The number of rotatable bonds is 4. The minimum Gasteiger partial charge on any atom is -0.351 e. The second kappa shape index (κ2) is 5.72. The van der Waals surface area contributed by atoms with E-state index in [1.54, 1.807) is 0 Å². The molecule has 0 spiro atoms. The van der Waals surface area contributed by atoms with Gasteiger partial charge in [-0.1, -0.05) is 0 Å². The average molecular weight is 235 g/mol. The zero-order valence-corrected chi connectivity index (χ0v) is 11.2. The average Bonchev–Trinajstić information content (AvgIpc) is 1.92. The van der Waals surface area contributed by atoms with Crippen LogP contribution in [0.1, 0.15) is 41.5 Å². The first-order valence-corrected chi connectivity index (χ1v) is 5.79. The lowest BCUT2D eigenvalue weighted by Crippen LogP contribution is -2.41. The standard InChI is InChI=1S/C10H21NO3S/c1-9(2,3)11-8(12)7-15-14-13-10(4,5)6/h7H2,1-6H3,(H,11,12). The van der Waals surface area contributed by atoms with Crippen molar-refractivity contribution in [1.82, 2.24) is 5.32 Å². The van der Waals surface area contributed by atoms with Gasteiger partial charge in [-0.2, -0.15) is 4.33 Å². The SMILES string of the molecule is CC(C)(C)NC(=O)CSOOC(C)(C)C. The number of hydrogen-bond donors (Lipinski definition) is 1. The Balaban J connectivity index is 3.57. The Hall–Kier alpha value is -0.260. The van der Waals surface area contributed by atoms with E-state index in [0.29, 0.717) is 0 Å². The summed E-state index contributed by atoms with van der Waals surface area (Å²) in [7, 11) is 0. The number of nitrogens with one attached hydrogen (secondary N) is 1. The van der Waals surface area contributed by atoms with E-state index in [0.717, 1.165) is 12.0 Å². The molecular formula is C10H21NO3S. The van der Waals surface area contributed by atoms with Gasteiger partial charge < -0.3 is 5.32 Å². The molecule has 0 heterocycles. The van der Waals surface area contributed by atoms with E-state index in [-0.39, 0.29) is 22.8 Å². The first-order valence-electron chi connectivity index (χ1n) is 4.88. The first kappa shape index (κ1) is 14.7. The zero-order chi connectivity index (χ0) is 12.1. The monoisotopic (exact) mass is 235 g/mol. The summed E-state index contributed by atoms with van der Waals surface area (Å²) in [5, 5.41) is 2.82. The summed E-state index contributed by atoms with van der Waals surface area (Å²) >= 11 is 0.995. The molecule has 4 nitrogen and oxygen atoms in total. The Morgan fingerprint density at radius 3 is 2.13 bits per heavy atom. The molecule has 0 aromatic rings. The Morgan fingerprint density at radius 1 is 1.20 bits per heavy atom. The Morgan fingerprint density at radius 2 is 1.73 bits per heavy atom. The van der Waals surface area contributed by atoms with Crippen LogP contribution in [0.3, 0.4) is 0 Å². The van der Waals surface area contributed by atoms with E-state index < -0.39 is 0 Å². The van der Waals surface area contributed by atoms with E-state index in [1.165, 1.54) is 0 Å². The summed E-state index contributed by atoms with van der Waals surface area (Å²) in [5.74, 6) is 0.165. The van der Waals surface area contributed by atoms with E-state index >= 15 is 0 Å². The van der Waals surface area contributed by atoms with Crippen molar-refractivity contribution >= 4 is 17.9 Å². The minimum absolute atomic E-state index is 0.0648. The molecule has 0 aliphatic rings. The van der Waals surface area contributed by atoms with Crippen molar-refractivity contribution in [3.8, 4) is 0 Å². The molecule has 5 heteroatoms. The van der Waals surface area contributed by atoms with Gasteiger partial charge in [0, 0.05) is 17.6 Å². The van der Waals surface area contributed by atoms with Crippen molar-refractivity contribution in [3.05, 3.63) is 0 Å².